The lowest BCUT2D eigenvalue weighted by Crippen LogP contribution is -2.18. The van der Waals surface area contributed by atoms with E-state index in [9.17, 15) is 4.79 Å². The van der Waals surface area contributed by atoms with Crippen molar-refractivity contribution in [3.63, 3.8) is 0 Å². The quantitative estimate of drug-likeness (QED) is 0.664. The van der Waals surface area contributed by atoms with E-state index >= 15 is 0 Å². The van der Waals surface area contributed by atoms with Crippen molar-refractivity contribution < 1.29 is 4.79 Å². The van der Waals surface area contributed by atoms with E-state index in [0.717, 1.165) is 40.5 Å². The lowest BCUT2D eigenvalue weighted by atomic mass is 10.1. The first kappa shape index (κ1) is 17.0. The number of carbonyl (C=O) groups excluding carboxylic acids is 1. The molecule has 2 aromatic carbocycles. The first-order valence-electron chi connectivity index (χ1n) is 8.92. The van der Waals surface area contributed by atoms with Crippen molar-refractivity contribution in [3.05, 3.63) is 48.0 Å². The van der Waals surface area contributed by atoms with Gasteiger partial charge in [-0.25, -0.2) is 4.98 Å². The molecule has 1 aromatic heterocycles. The zero-order valence-electron chi connectivity index (χ0n) is 14.8. The number of thioether (sulfide) groups is 1. The number of imidazole rings is 1. The van der Waals surface area contributed by atoms with Crippen molar-refractivity contribution in [3.8, 4) is 0 Å². The summed E-state index contributed by atoms with van der Waals surface area (Å²) in [6, 6.07) is 14.1. The highest BCUT2D eigenvalue weighted by Crippen LogP contribution is 2.26. The van der Waals surface area contributed by atoms with Crippen LogP contribution in [0.3, 0.4) is 0 Å². The first-order chi connectivity index (χ1) is 12.7. The molecule has 1 aliphatic rings. The van der Waals surface area contributed by atoms with E-state index in [1.54, 1.807) is 0 Å². The molecule has 0 unspecified atom stereocenters. The summed E-state index contributed by atoms with van der Waals surface area (Å²) in [5, 5.41) is 3.78. The van der Waals surface area contributed by atoms with Gasteiger partial charge in [0.15, 0.2) is 5.16 Å². The van der Waals surface area contributed by atoms with Crippen molar-refractivity contribution in [2.45, 2.75) is 24.9 Å². The number of nitrogens with one attached hydrogen (secondary N) is 2. The molecule has 0 atom stereocenters. The number of anilines is 2. The maximum absolute atomic E-state index is 12.3. The van der Waals surface area contributed by atoms with E-state index < -0.39 is 0 Å². The molecule has 134 valence electrons. The van der Waals surface area contributed by atoms with Crippen LogP contribution in [-0.2, 0) is 4.79 Å². The molecule has 0 spiro atoms. The summed E-state index contributed by atoms with van der Waals surface area (Å²) in [6.07, 6.45) is 2.52. The summed E-state index contributed by atoms with van der Waals surface area (Å²) >= 11 is 1.42. The van der Waals surface area contributed by atoms with Crippen LogP contribution in [0.15, 0.2) is 47.6 Å². The van der Waals surface area contributed by atoms with E-state index in [0.29, 0.717) is 5.75 Å². The van der Waals surface area contributed by atoms with Crippen LogP contribution in [-0.4, -0.2) is 34.7 Å². The Bertz CT molecular complexity index is 897. The van der Waals surface area contributed by atoms with Crippen molar-refractivity contribution in [2.24, 2.45) is 0 Å². The largest absolute Gasteiger partial charge is 0.372 e. The molecule has 26 heavy (non-hydrogen) atoms. The second kappa shape index (κ2) is 7.41. The summed E-state index contributed by atoms with van der Waals surface area (Å²) in [6.45, 7) is 4.29. The maximum Gasteiger partial charge on any atom is 0.234 e. The van der Waals surface area contributed by atoms with Crippen molar-refractivity contribution in [1.82, 2.24) is 9.97 Å². The molecule has 1 saturated heterocycles. The van der Waals surface area contributed by atoms with E-state index in [1.807, 2.05) is 37.3 Å². The van der Waals surface area contributed by atoms with Gasteiger partial charge in [-0.3, -0.25) is 4.79 Å². The summed E-state index contributed by atoms with van der Waals surface area (Å²) in [7, 11) is 0. The molecule has 2 N–H and O–H groups in total. The smallest absolute Gasteiger partial charge is 0.234 e. The van der Waals surface area contributed by atoms with Gasteiger partial charge in [0.1, 0.15) is 0 Å². The van der Waals surface area contributed by atoms with Gasteiger partial charge in [0.25, 0.3) is 0 Å². The number of rotatable bonds is 5. The van der Waals surface area contributed by atoms with Crippen molar-refractivity contribution >= 4 is 40.1 Å². The minimum atomic E-state index is -0.0209. The number of aromatic nitrogens is 2. The molecule has 2 heterocycles. The van der Waals surface area contributed by atoms with Crippen molar-refractivity contribution in [2.75, 3.05) is 29.1 Å². The SMILES string of the molecule is Cc1cc(N2CCCC2)ccc1NC(=O)CSc1nc2ccccc2[nH]1. The standard InChI is InChI=1S/C20H22N4OS/c1-14-12-15(24-10-4-5-11-24)8-9-16(14)21-19(25)13-26-20-22-17-6-2-3-7-18(17)23-20/h2-3,6-9,12H,4-5,10-11,13H2,1H3,(H,21,25)(H,22,23). The van der Waals surface area contributed by atoms with Crippen molar-refractivity contribution in [1.29, 1.82) is 0 Å². The zero-order valence-corrected chi connectivity index (χ0v) is 15.6. The molecule has 1 aliphatic heterocycles. The summed E-state index contributed by atoms with van der Waals surface area (Å²) < 4.78 is 0. The summed E-state index contributed by atoms with van der Waals surface area (Å²) in [5.41, 5.74) is 5.13. The monoisotopic (exact) mass is 366 g/mol. The van der Waals surface area contributed by atoms with Gasteiger partial charge in [-0.1, -0.05) is 23.9 Å². The Morgan fingerprint density at radius 3 is 2.81 bits per heavy atom. The number of hydrogen-bond acceptors (Lipinski definition) is 4. The maximum atomic E-state index is 12.3. The van der Waals surface area contributed by atoms with Crippen LogP contribution in [0.2, 0.25) is 0 Å². The highest BCUT2D eigenvalue weighted by Gasteiger charge is 2.14. The van der Waals surface area contributed by atoms with Gasteiger partial charge in [-0.2, -0.15) is 0 Å². The third kappa shape index (κ3) is 3.70. The Hall–Kier alpha value is -2.47. The van der Waals surface area contributed by atoms with Gasteiger partial charge < -0.3 is 15.2 Å². The van der Waals surface area contributed by atoms with Gasteiger partial charge in [0.05, 0.1) is 16.8 Å². The van der Waals surface area contributed by atoms with E-state index in [2.05, 4.69) is 32.3 Å². The molecular weight excluding hydrogens is 344 g/mol. The summed E-state index contributed by atoms with van der Waals surface area (Å²) in [4.78, 5) is 22.4. The number of carbonyl (C=O) groups is 1. The van der Waals surface area contributed by atoms with Crippen LogP contribution in [0.1, 0.15) is 18.4 Å². The number of aromatic amines is 1. The van der Waals surface area contributed by atoms with Crippen LogP contribution < -0.4 is 10.2 Å². The Morgan fingerprint density at radius 1 is 1.23 bits per heavy atom. The highest BCUT2D eigenvalue weighted by atomic mass is 32.2. The van der Waals surface area contributed by atoms with Crippen LogP contribution in [0.5, 0.6) is 0 Å². The molecule has 0 radical (unpaired) electrons. The first-order valence-corrected chi connectivity index (χ1v) is 9.90. The second-order valence-electron chi connectivity index (χ2n) is 6.59. The predicted octanol–water partition coefficient (Wildman–Crippen LogP) is 4.20. The average Bonchev–Trinajstić information content (AvgIpc) is 3.31. The lowest BCUT2D eigenvalue weighted by molar-refractivity contribution is -0.113. The molecule has 4 rings (SSSR count). The molecule has 3 aromatic rings. The van der Waals surface area contributed by atoms with Crippen LogP contribution in [0.4, 0.5) is 11.4 Å². The Morgan fingerprint density at radius 2 is 2.04 bits per heavy atom. The number of aryl methyl sites for hydroxylation is 1. The van der Waals surface area contributed by atoms with Crippen LogP contribution >= 0.6 is 11.8 Å². The van der Waals surface area contributed by atoms with Gasteiger partial charge in [0, 0.05) is 24.5 Å². The Balaban J connectivity index is 1.36. The summed E-state index contributed by atoms with van der Waals surface area (Å²) in [5.74, 6) is 0.306. The normalized spacial score (nSPS) is 14.1. The number of fused-ring (bicyclic) bond motifs is 1. The number of para-hydroxylation sites is 2. The van der Waals surface area contributed by atoms with Crippen LogP contribution in [0, 0.1) is 6.92 Å². The molecular formula is C20H22N4OS. The number of nitrogens with zero attached hydrogens (tertiary/aromatic N) is 2. The van der Waals surface area contributed by atoms with Gasteiger partial charge in [0.2, 0.25) is 5.91 Å². The molecule has 1 amide bonds. The zero-order chi connectivity index (χ0) is 17.9. The third-order valence-electron chi connectivity index (χ3n) is 4.66. The lowest BCUT2D eigenvalue weighted by Gasteiger charge is -2.19. The third-order valence-corrected chi connectivity index (χ3v) is 5.54. The molecule has 0 bridgehead atoms. The van der Waals surface area contributed by atoms with Gasteiger partial charge >= 0.3 is 0 Å². The highest BCUT2D eigenvalue weighted by molar-refractivity contribution is 7.99. The fourth-order valence-electron chi connectivity index (χ4n) is 3.28. The fourth-order valence-corrected chi connectivity index (χ4v) is 3.96. The Kier molecular flexibility index (Phi) is 4.84. The molecule has 0 saturated carbocycles. The molecule has 5 nitrogen and oxygen atoms in total. The van der Waals surface area contributed by atoms with E-state index in [-0.39, 0.29) is 5.91 Å². The van der Waals surface area contributed by atoms with E-state index in [4.69, 9.17) is 0 Å². The number of amides is 1. The number of benzene rings is 2. The molecule has 1 fully saturated rings. The Labute approximate surface area is 157 Å². The number of hydrogen-bond donors (Lipinski definition) is 2. The van der Waals surface area contributed by atoms with Gasteiger partial charge in [-0.05, 0) is 55.7 Å². The molecule has 0 aliphatic carbocycles. The predicted molar refractivity (Wildman–Crippen MR) is 108 cm³/mol. The van der Waals surface area contributed by atoms with E-state index in [1.165, 1.54) is 30.3 Å². The second-order valence-corrected chi connectivity index (χ2v) is 7.55. The average molecular weight is 366 g/mol. The minimum Gasteiger partial charge on any atom is -0.372 e. The topological polar surface area (TPSA) is 61.0 Å². The number of H-pyrrole nitrogens is 1. The van der Waals surface area contributed by atoms with Crippen LogP contribution in [0.25, 0.3) is 11.0 Å². The minimum absolute atomic E-state index is 0.0209. The fraction of sp³-hybridized carbons (Fsp3) is 0.300. The van der Waals surface area contributed by atoms with Gasteiger partial charge in [-0.15, -0.1) is 0 Å². The molecule has 6 heteroatoms.